The fourth-order valence-electron chi connectivity index (χ4n) is 5.44. The lowest BCUT2D eigenvalue weighted by atomic mass is 9.95. The molecular weight excluding hydrogens is 488 g/mol. The van der Waals surface area contributed by atoms with E-state index in [9.17, 15) is 4.79 Å². The number of rotatable bonds is 4. The highest BCUT2D eigenvalue weighted by Crippen LogP contribution is 2.36. The molecule has 0 aliphatic carbocycles. The van der Waals surface area contributed by atoms with E-state index in [1.54, 1.807) is 0 Å². The van der Waals surface area contributed by atoms with E-state index in [0.717, 1.165) is 50.9 Å². The van der Waals surface area contributed by atoms with Crippen LogP contribution in [-0.4, -0.2) is 48.7 Å². The van der Waals surface area contributed by atoms with E-state index >= 15 is 0 Å². The number of hydrogen-bond donors (Lipinski definition) is 0. The van der Waals surface area contributed by atoms with Gasteiger partial charge in [0.05, 0.1) is 29.8 Å². The molecule has 0 saturated carbocycles. The Bertz CT molecular complexity index is 1680. The smallest absolute Gasteiger partial charge is 0.256 e. The maximum Gasteiger partial charge on any atom is 0.256 e. The van der Waals surface area contributed by atoms with Crippen LogP contribution in [0.25, 0.3) is 21.8 Å². The highest BCUT2D eigenvalue weighted by molar-refractivity contribution is 6.08. The first-order valence-electron chi connectivity index (χ1n) is 13.4. The fourth-order valence-corrected chi connectivity index (χ4v) is 5.44. The molecule has 3 heterocycles. The summed E-state index contributed by atoms with van der Waals surface area (Å²) in [5.74, 6) is 1.57. The first-order chi connectivity index (χ1) is 19.2. The molecule has 1 atom stereocenters. The van der Waals surface area contributed by atoms with Gasteiger partial charge in [-0.2, -0.15) is 0 Å². The third-order valence-corrected chi connectivity index (χ3v) is 7.56. The summed E-state index contributed by atoms with van der Waals surface area (Å²) >= 11 is 0. The van der Waals surface area contributed by atoms with Gasteiger partial charge >= 0.3 is 0 Å². The van der Waals surface area contributed by atoms with E-state index in [2.05, 4.69) is 42.5 Å². The monoisotopic (exact) mass is 516 g/mol. The number of fused-ring (bicyclic) bond motifs is 3. The average molecular weight is 517 g/mol. The van der Waals surface area contributed by atoms with Crippen LogP contribution in [0, 0.1) is 0 Å². The van der Waals surface area contributed by atoms with E-state index in [1.807, 2.05) is 53.4 Å². The molecule has 0 unspecified atom stereocenters. The van der Waals surface area contributed by atoms with Crippen molar-refractivity contribution in [2.75, 3.05) is 32.9 Å². The number of pyridine rings is 1. The molecule has 7 rings (SSSR count). The zero-order valence-electron chi connectivity index (χ0n) is 21.5. The van der Waals surface area contributed by atoms with Crippen LogP contribution >= 0.6 is 0 Å². The average Bonchev–Trinajstić information content (AvgIpc) is 3.00. The topological polar surface area (TPSA) is 60.9 Å². The van der Waals surface area contributed by atoms with Gasteiger partial charge in [0.2, 0.25) is 0 Å². The molecule has 4 aromatic carbocycles. The van der Waals surface area contributed by atoms with Crippen molar-refractivity contribution in [2.24, 2.45) is 0 Å². The molecule has 0 spiro atoms. The number of nitrogens with zero attached hydrogens (tertiary/aromatic N) is 2. The van der Waals surface area contributed by atoms with Crippen molar-refractivity contribution in [1.29, 1.82) is 0 Å². The molecule has 0 radical (unpaired) electrons. The predicted molar refractivity (Wildman–Crippen MR) is 151 cm³/mol. The van der Waals surface area contributed by atoms with Crippen molar-refractivity contribution < 1.29 is 19.0 Å². The summed E-state index contributed by atoms with van der Waals surface area (Å²) in [6.07, 6.45) is 0.587. The number of carbonyl (C=O) groups is 1. The summed E-state index contributed by atoms with van der Waals surface area (Å²) in [6, 6.07) is 30.5. The standard InChI is InChI=1S/C33H28N2O4/c36-33(35-15-17-37-18-16-35)26-14-13-24(27-20-25-5-1-2-6-28(25)34-32(26)27)19-22-9-11-23(12-10-22)31-21-38-29-7-3-4-8-30(29)39-31/h1-14,20,31H,15-19,21H2/t31-/m1/s1. The summed E-state index contributed by atoms with van der Waals surface area (Å²) in [7, 11) is 0. The van der Waals surface area contributed by atoms with Crippen LogP contribution in [-0.2, 0) is 11.2 Å². The normalized spacial score (nSPS) is 16.9. The minimum Gasteiger partial charge on any atom is -0.485 e. The van der Waals surface area contributed by atoms with Gasteiger partial charge in [-0.05, 0) is 53.4 Å². The van der Waals surface area contributed by atoms with Gasteiger partial charge in [0.25, 0.3) is 5.91 Å². The molecule has 39 heavy (non-hydrogen) atoms. The SMILES string of the molecule is O=C(c1ccc(Cc2ccc([C@H]3COc4ccccc4O3)cc2)c2cc3ccccc3nc12)N1CCOCC1. The highest BCUT2D eigenvalue weighted by atomic mass is 16.6. The van der Waals surface area contributed by atoms with Crippen LogP contribution < -0.4 is 9.47 Å². The Labute approximate surface area is 226 Å². The third-order valence-electron chi connectivity index (χ3n) is 7.56. The van der Waals surface area contributed by atoms with Gasteiger partial charge < -0.3 is 19.1 Å². The van der Waals surface area contributed by atoms with Gasteiger partial charge in [0.15, 0.2) is 17.6 Å². The highest BCUT2D eigenvalue weighted by Gasteiger charge is 2.24. The Balaban J connectivity index is 1.20. The van der Waals surface area contributed by atoms with Crippen LogP contribution in [0.4, 0.5) is 0 Å². The molecule has 6 heteroatoms. The molecule has 2 aliphatic rings. The largest absolute Gasteiger partial charge is 0.485 e. The number of benzene rings is 4. The van der Waals surface area contributed by atoms with Crippen LogP contribution in [0.2, 0.25) is 0 Å². The van der Waals surface area contributed by atoms with Crippen molar-refractivity contribution in [3.8, 4) is 11.5 Å². The number of amides is 1. The van der Waals surface area contributed by atoms with Crippen LogP contribution in [0.1, 0.15) is 33.2 Å². The van der Waals surface area contributed by atoms with E-state index in [1.165, 1.54) is 5.56 Å². The summed E-state index contributed by atoms with van der Waals surface area (Å²) in [4.78, 5) is 20.3. The summed E-state index contributed by atoms with van der Waals surface area (Å²) < 4.78 is 17.5. The second-order valence-electron chi connectivity index (χ2n) is 10.0. The predicted octanol–water partition coefficient (Wildman–Crippen LogP) is 5.96. The fraction of sp³-hybridized carbons (Fsp3) is 0.212. The van der Waals surface area contributed by atoms with Crippen molar-refractivity contribution in [1.82, 2.24) is 9.88 Å². The molecular formula is C33H28N2O4. The second kappa shape index (κ2) is 10.0. The molecule has 1 aromatic heterocycles. The quantitative estimate of drug-likeness (QED) is 0.276. The maximum atomic E-state index is 13.5. The Hall–Kier alpha value is -4.42. The number of para-hydroxylation sites is 3. The Morgan fingerprint density at radius 2 is 1.64 bits per heavy atom. The van der Waals surface area contributed by atoms with Crippen LogP contribution in [0.15, 0.2) is 91.0 Å². The molecule has 0 N–H and O–H groups in total. The van der Waals surface area contributed by atoms with Crippen LogP contribution in [0.3, 0.4) is 0 Å². The zero-order chi connectivity index (χ0) is 26.2. The molecule has 0 bridgehead atoms. The molecule has 1 saturated heterocycles. The lowest BCUT2D eigenvalue weighted by molar-refractivity contribution is 0.0304. The van der Waals surface area contributed by atoms with Crippen molar-refractivity contribution >= 4 is 27.7 Å². The van der Waals surface area contributed by atoms with Crippen molar-refractivity contribution in [3.05, 3.63) is 113 Å². The first-order valence-corrected chi connectivity index (χ1v) is 13.4. The van der Waals surface area contributed by atoms with Crippen molar-refractivity contribution in [2.45, 2.75) is 12.5 Å². The van der Waals surface area contributed by atoms with Crippen molar-refractivity contribution in [3.63, 3.8) is 0 Å². The van der Waals surface area contributed by atoms with Gasteiger partial charge in [-0.25, -0.2) is 4.98 Å². The minimum absolute atomic E-state index is 0.0123. The number of carbonyl (C=O) groups excluding carboxylic acids is 1. The molecule has 1 amide bonds. The van der Waals surface area contributed by atoms with Gasteiger partial charge in [-0.1, -0.05) is 60.7 Å². The maximum absolute atomic E-state index is 13.5. The van der Waals surface area contributed by atoms with Crippen LogP contribution in [0.5, 0.6) is 11.5 Å². The lowest BCUT2D eigenvalue weighted by Crippen LogP contribution is -2.40. The summed E-state index contributed by atoms with van der Waals surface area (Å²) in [6.45, 7) is 2.82. The molecule has 194 valence electrons. The number of hydrogen-bond acceptors (Lipinski definition) is 5. The Kier molecular flexibility index (Phi) is 6.10. The molecule has 1 fully saturated rings. The zero-order valence-corrected chi connectivity index (χ0v) is 21.5. The van der Waals surface area contributed by atoms with E-state index in [4.69, 9.17) is 19.2 Å². The second-order valence-corrected chi connectivity index (χ2v) is 10.0. The number of aromatic nitrogens is 1. The van der Waals surface area contributed by atoms with Gasteiger partial charge in [-0.3, -0.25) is 4.79 Å². The minimum atomic E-state index is -0.143. The molecule has 2 aliphatic heterocycles. The Morgan fingerprint density at radius 3 is 2.49 bits per heavy atom. The lowest BCUT2D eigenvalue weighted by Gasteiger charge is -2.27. The van der Waals surface area contributed by atoms with Gasteiger partial charge in [-0.15, -0.1) is 0 Å². The van der Waals surface area contributed by atoms with Gasteiger partial charge in [0, 0.05) is 23.9 Å². The number of ether oxygens (including phenoxy) is 3. The van der Waals surface area contributed by atoms with E-state index in [-0.39, 0.29) is 12.0 Å². The van der Waals surface area contributed by atoms with E-state index < -0.39 is 0 Å². The first kappa shape index (κ1) is 23.7. The third kappa shape index (κ3) is 4.57. The Morgan fingerprint density at radius 1 is 0.872 bits per heavy atom. The van der Waals surface area contributed by atoms with Gasteiger partial charge in [0.1, 0.15) is 6.61 Å². The van der Waals surface area contributed by atoms with E-state index in [0.29, 0.717) is 38.5 Å². The summed E-state index contributed by atoms with van der Waals surface area (Å²) in [5.41, 5.74) is 5.69. The molecule has 5 aromatic rings. The molecule has 6 nitrogen and oxygen atoms in total. The summed E-state index contributed by atoms with van der Waals surface area (Å²) in [5, 5.41) is 2.07. The number of morpholine rings is 1.